The predicted octanol–water partition coefficient (Wildman–Crippen LogP) is 2.52. The van der Waals surface area contributed by atoms with E-state index in [-0.39, 0.29) is 34.1 Å². The lowest BCUT2D eigenvalue weighted by Crippen LogP contribution is -2.40. The van der Waals surface area contributed by atoms with Crippen LogP contribution >= 0.6 is 23.7 Å². The molecule has 0 saturated heterocycles. The minimum atomic E-state index is -3.85. The Balaban J connectivity index is 0.00000225. The molecule has 1 aromatic carbocycles. The molecule has 3 N–H and O–H groups in total. The van der Waals surface area contributed by atoms with Gasteiger partial charge in [0.15, 0.2) is 0 Å². The van der Waals surface area contributed by atoms with Gasteiger partial charge in [0.05, 0.1) is 7.11 Å². The van der Waals surface area contributed by atoms with Crippen LogP contribution in [0.2, 0.25) is 0 Å². The second kappa shape index (κ2) is 8.01. The van der Waals surface area contributed by atoms with Crippen LogP contribution in [0.5, 0.6) is 0 Å². The molecule has 0 bridgehead atoms. The molecule has 25 heavy (non-hydrogen) atoms. The molecule has 1 saturated carbocycles. The number of esters is 1. The number of carbonyl (C=O) groups is 1. The summed E-state index contributed by atoms with van der Waals surface area (Å²) in [6, 6.07) is 6.88. The molecular weight excluding hydrogens is 384 g/mol. The number of halogens is 1. The molecule has 1 heterocycles. The number of hydrogen-bond donors (Lipinski definition) is 2. The first-order valence-electron chi connectivity index (χ1n) is 7.80. The highest BCUT2D eigenvalue weighted by atomic mass is 35.5. The summed E-state index contributed by atoms with van der Waals surface area (Å²) >= 11 is 1.13. The van der Waals surface area contributed by atoms with E-state index in [2.05, 4.69) is 4.72 Å². The zero-order chi connectivity index (χ0) is 17.3. The van der Waals surface area contributed by atoms with Crippen LogP contribution in [0, 0.1) is 5.92 Å². The summed E-state index contributed by atoms with van der Waals surface area (Å²) in [4.78, 5) is 12.2. The number of ether oxygens (including phenoxy) is 1. The molecule has 1 fully saturated rings. The maximum absolute atomic E-state index is 13.0. The number of nitrogens with two attached hydrogens (primary N) is 1. The van der Waals surface area contributed by atoms with E-state index >= 15 is 0 Å². The van der Waals surface area contributed by atoms with E-state index in [1.54, 1.807) is 18.2 Å². The Hall–Kier alpha value is -1.19. The third-order valence-corrected chi connectivity index (χ3v) is 7.31. The fraction of sp³-hybridized carbons (Fsp3) is 0.438. The van der Waals surface area contributed by atoms with Crippen LogP contribution in [0.4, 0.5) is 0 Å². The summed E-state index contributed by atoms with van der Waals surface area (Å²) in [5.41, 5.74) is 5.75. The van der Waals surface area contributed by atoms with Crippen molar-refractivity contribution in [2.24, 2.45) is 11.7 Å². The lowest BCUT2D eigenvalue weighted by Gasteiger charge is -2.19. The van der Waals surface area contributed by atoms with Gasteiger partial charge in [-0.15, -0.1) is 23.7 Å². The van der Waals surface area contributed by atoms with Crippen molar-refractivity contribution >= 4 is 49.8 Å². The van der Waals surface area contributed by atoms with E-state index in [0.29, 0.717) is 11.9 Å². The lowest BCUT2D eigenvalue weighted by molar-refractivity contribution is 0.0602. The highest BCUT2D eigenvalue weighted by Crippen LogP contribution is 2.36. The molecular formula is C16H21ClN2O4S2. The molecule has 6 nitrogen and oxygen atoms in total. The van der Waals surface area contributed by atoms with Crippen LogP contribution in [0.1, 0.15) is 28.9 Å². The van der Waals surface area contributed by atoms with Crippen molar-refractivity contribution in [1.82, 2.24) is 4.72 Å². The van der Waals surface area contributed by atoms with Crippen molar-refractivity contribution in [2.75, 3.05) is 13.7 Å². The molecule has 0 aliphatic heterocycles. The van der Waals surface area contributed by atoms with E-state index < -0.39 is 16.0 Å². The topological polar surface area (TPSA) is 98.5 Å². The summed E-state index contributed by atoms with van der Waals surface area (Å²) in [7, 11) is -2.60. The van der Waals surface area contributed by atoms with Gasteiger partial charge in [-0.05, 0) is 31.4 Å². The van der Waals surface area contributed by atoms with Gasteiger partial charge in [0, 0.05) is 16.1 Å². The number of benzene rings is 1. The second-order valence-corrected chi connectivity index (χ2v) is 8.61. The number of thiophene rings is 1. The van der Waals surface area contributed by atoms with Gasteiger partial charge in [0.1, 0.15) is 9.77 Å². The smallest absolute Gasteiger partial charge is 0.349 e. The Kier molecular flexibility index (Phi) is 6.45. The molecule has 1 aliphatic rings. The SMILES string of the molecule is COC(=O)c1sc2ccccc2c1S(=O)(=O)NC1CCCC1CN.Cl. The van der Waals surface area contributed by atoms with E-state index in [9.17, 15) is 13.2 Å². The van der Waals surface area contributed by atoms with Gasteiger partial charge < -0.3 is 10.5 Å². The number of nitrogens with one attached hydrogen (secondary N) is 1. The number of fused-ring (bicyclic) bond motifs is 1. The molecule has 9 heteroatoms. The van der Waals surface area contributed by atoms with Crippen LogP contribution in [-0.2, 0) is 14.8 Å². The largest absolute Gasteiger partial charge is 0.465 e. The molecule has 0 amide bonds. The minimum Gasteiger partial charge on any atom is -0.465 e. The van der Waals surface area contributed by atoms with Crippen molar-refractivity contribution in [2.45, 2.75) is 30.2 Å². The van der Waals surface area contributed by atoms with Crippen molar-refractivity contribution < 1.29 is 17.9 Å². The number of sulfonamides is 1. The predicted molar refractivity (Wildman–Crippen MR) is 101 cm³/mol. The van der Waals surface area contributed by atoms with Crippen molar-refractivity contribution in [1.29, 1.82) is 0 Å². The standard InChI is InChI=1S/C16H20N2O4S2.ClH/c1-22-16(19)14-15(11-6-2-3-8-13(11)23-14)24(20,21)18-12-7-4-5-10(12)9-17;/h2-3,6,8,10,12,18H,4-5,7,9,17H2,1H3;1H. The van der Waals surface area contributed by atoms with Crippen LogP contribution in [0.25, 0.3) is 10.1 Å². The van der Waals surface area contributed by atoms with E-state index in [1.807, 2.05) is 6.07 Å². The summed E-state index contributed by atoms with van der Waals surface area (Å²) in [6.45, 7) is 0.446. The van der Waals surface area contributed by atoms with Crippen molar-refractivity contribution in [3.63, 3.8) is 0 Å². The van der Waals surface area contributed by atoms with Gasteiger partial charge in [-0.25, -0.2) is 17.9 Å². The Labute approximate surface area is 157 Å². The fourth-order valence-electron chi connectivity index (χ4n) is 3.25. The van der Waals surface area contributed by atoms with Crippen LogP contribution < -0.4 is 10.5 Å². The first kappa shape index (κ1) is 20.1. The first-order chi connectivity index (χ1) is 11.5. The zero-order valence-corrected chi connectivity index (χ0v) is 16.2. The molecule has 2 unspecified atom stereocenters. The summed E-state index contributed by atoms with van der Waals surface area (Å²) in [5.74, 6) is -0.510. The normalized spacial score (nSPS) is 20.4. The minimum absolute atomic E-state index is 0. The van der Waals surface area contributed by atoms with Gasteiger partial charge >= 0.3 is 5.97 Å². The maximum atomic E-state index is 13.0. The average Bonchev–Trinajstić information content (AvgIpc) is 3.17. The van der Waals surface area contributed by atoms with Crippen LogP contribution in [0.3, 0.4) is 0 Å². The van der Waals surface area contributed by atoms with Crippen LogP contribution in [-0.4, -0.2) is 34.1 Å². The number of methoxy groups -OCH3 is 1. The zero-order valence-electron chi connectivity index (χ0n) is 13.7. The van der Waals surface area contributed by atoms with Crippen molar-refractivity contribution in [3.8, 4) is 0 Å². The van der Waals surface area contributed by atoms with Gasteiger partial charge in [-0.2, -0.15) is 0 Å². The van der Waals surface area contributed by atoms with E-state index in [4.69, 9.17) is 10.5 Å². The maximum Gasteiger partial charge on any atom is 0.349 e. The summed E-state index contributed by atoms with van der Waals surface area (Å²) < 4.78 is 34.3. The molecule has 1 aliphatic carbocycles. The molecule has 0 spiro atoms. The fourth-order valence-corrected chi connectivity index (χ4v) is 6.40. The molecule has 2 atom stereocenters. The third kappa shape index (κ3) is 3.83. The quantitative estimate of drug-likeness (QED) is 0.746. The second-order valence-electron chi connectivity index (χ2n) is 5.90. The molecule has 1 aromatic heterocycles. The Morgan fingerprint density at radius 3 is 2.76 bits per heavy atom. The van der Waals surface area contributed by atoms with Crippen LogP contribution in [0.15, 0.2) is 29.2 Å². The van der Waals surface area contributed by atoms with Gasteiger partial charge in [-0.3, -0.25) is 0 Å². The Bertz CT molecular complexity index is 866. The molecule has 3 rings (SSSR count). The first-order valence-corrected chi connectivity index (χ1v) is 10.1. The number of rotatable bonds is 5. The van der Waals surface area contributed by atoms with E-state index in [1.165, 1.54) is 7.11 Å². The highest BCUT2D eigenvalue weighted by molar-refractivity contribution is 7.90. The molecule has 138 valence electrons. The monoisotopic (exact) mass is 404 g/mol. The third-order valence-electron chi connectivity index (χ3n) is 4.46. The molecule has 0 radical (unpaired) electrons. The van der Waals surface area contributed by atoms with Crippen molar-refractivity contribution in [3.05, 3.63) is 29.1 Å². The lowest BCUT2D eigenvalue weighted by atomic mass is 10.1. The summed E-state index contributed by atoms with van der Waals surface area (Å²) in [5, 5.41) is 0.540. The summed E-state index contributed by atoms with van der Waals surface area (Å²) in [6.07, 6.45) is 2.62. The van der Waals surface area contributed by atoms with Gasteiger partial charge in [0.2, 0.25) is 10.0 Å². The Morgan fingerprint density at radius 2 is 2.08 bits per heavy atom. The van der Waals surface area contributed by atoms with E-state index in [0.717, 1.165) is 35.3 Å². The average molecular weight is 405 g/mol. The highest BCUT2D eigenvalue weighted by Gasteiger charge is 2.34. The van der Waals surface area contributed by atoms with Gasteiger partial charge in [0.25, 0.3) is 0 Å². The Morgan fingerprint density at radius 1 is 1.36 bits per heavy atom. The number of hydrogen-bond acceptors (Lipinski definition) is 6. The van der Waals surface area contributed by atoms with Gasteiger partial charge in [-0.1, -0.05) is 24.6 Å². The number of carbonyl (C=O) groups excluding carboxylic acids is 1. The molecule has 2 aromatic rings.